The van der Waals surface area contributed by atoms with Crippen LogP contribution in [0.4, 0.5) is 0 Å². The first-order chi connectivity index (χ1) is 10.6. The fourth-order valence-electron chi connectivity index (χ4n) is 3.51. The van der Waals surface area contributed by atoms with Crippen LogP contribution in [0.5, 0.6) is 0 Å². The van der Waals surface area contributed by atoms with E-state index in [1.165, 1.54) is 51.4 Å². The second-order valence-electron chi connectivity index (χ2n) is 6.99. The molecular weight excluding hydrogens is 288 g/mol. The molecule has 0 spiro atoms. The van der Waals surface area contributed by atoms with E-state index in [2.05, 4.69) is 27.7 Å². The van der Waals surface area contributed by atoms with Gasteiger partial charge in [0.25, 0.3) is 0 Å². The van der Waals surface area contributed by atoms with Crippen LogP contribution in [0.3, 0.4) is 0 Å². The normalized spacial score (nSPS) is 14.2. The Balaban J connectivity index is 4.51. The van der Waals surface area contributed by atoms with Gasteiger partial charge in [0.15, 0.2) is 0 Å². The summed E-state index contributed by atoms with van der Waals surface area (Å²) < 4.78 is 5.71. The maximum Gasteiger partial charge on any atom is 0.308 e. The third kappa shape index (κ3) is 7.80. The monoisotopic (exact) mass is 328 g/mol. The molecule has 0 amide bonds. The van der Waals surface area contributed by atoms with E-state index in [4.69, 9.17) is 4.74 Å². The number of carbonyl (C=O) groups is 1. The van der Waals surface area contributed by atoms with Gasteiger partial charge in [0.2, 0.25) is 0 Å². The average Bonchev–Trinajstić information content (AvgIpc) is 2.50. The molecule has 0 aliphatic rings. The van der Waals surface area contributed by atoms with E-state index < -0.39 is 0 Å². The Labute approximate surface area is 142 Å². The highest BCUT2D eigenvalue weighted by molar-refractivity contribution is 6.27. The molecule has 0 fully saturated rings. The van der Waals surface area contributed by atoms with Gasteiger partial charge in [0, 0.05) is 10.2 Å². The highest BCUT2D eigenvalue weighted by Crippen LogP contribution is 2.43. The maximum absolute atomic E-state index is 12.7. The number of esters is 1. The number of unbranched alkanes of at least 4 members (excludes halogenated alkanes) is 4. The molecule has 0 heterocycles. The Morgan fingerprint density at radius 1 is 0.909 bits per heavy atom. The Morgan fingerprint density at radius 3 is 2.00 bits per heavy atom. The second kappa shape index (κ2) is 13.2. The third-order valence-corrected chi connectivity index (χ3v) is 6.62. The van der Waals surface area contributed by atoms with Crippen LogP contribution < -0.4 is 0 Å². The first-order valence-electron chi connectivity index (χ1n) is 9.73. The van der Waals surface area contributed by atoms with Crippen molar-refractivity contribution in [2.45, 2.75) is 103 Å². The minimum atomic E-state index is -0.149. The summed E-state index contributed by atoms with van der Waals surface area (Å²) in [6.45, 7) is 9.51. The number of hydrogen-bond donors (Lipinski definition) is 0. The van der Waals surface area contributed by atoms with Crippen LogP contribution in [0.2, 0.25) is 5.04 Å². The van der Waals surface area contributed by atoms with Crippen molar-refractivity contribution in [2.75, 3.05) is 6.61 Å². The second-order valence-corrected chi connectivity index (χ2v) is 8.78. The number of ether oxygens (including phenoxy) is 1. The third-order valence-electron chi connectivity index (χ3n) is 4.89. The molecule has 2 nitrogen and oxygen atoms in total. The smallest absolute Gasteiger partial charge is 0.308 e. The van der Waals surface area contributed by atoms with Gasteiger partial charge in [-0.05, 0) is 31.6 Å². The maximum atomic E-state index is 12.7. The van der Waals surface area contributed by atoms with Gasteiger partial charge >= 0.3 is 5.97 Å². The summed E-state index contributed by atoms with van der Waals surface area (Å²) in [6, 6.07) is 0. The molecule has 132 valence electrons. The largest absolute Gasteiger partial charge is 0.466 e. The lowest BCUT2D eigenvalue weighted by molar-refractivity contribution is -0.150. The van der Waals surface area contributed by atoms with Crippen molar-refractivity contribution in [3.63, 3.8) is 0 Å². The molecule has 0 rings (SSSR count). The highest BCUT2D eigenvalue weighted by atomic mass is 28.1. The zero-order valence-corrected chi connectivity index (χ0v) is 17.9. The fraction of sp³-hybridized carbons (Fsp3) is 0.947. The SMILES string of the molecule is CCCCCCCOC(=O)C([SiH3])(CCC)C(CCC)CCC. The molecule has 1 unspecified atom stereocenters. The Morgan fingerprint density at radius 2 is 1.50 bits per heavy atom. The average molecular weight is 329 g/mol. The van der Waals surface area contributed by atoms with Crippen LogP contribution in [0, 0.1) is 5.92 Å². The van der Waals surface area contributed by atoms with E-state index in [1.54, 1.807) is 0 Å². The van der Waals surface area contributed by atoms with Crippen LogP contribution in [-0.2, 0) is 9.53 Å². The predicted molar refractivity (Wildman–Crippen MR) is 101 cm³/mol. The standard InChI is InChI=1S/C19H40O2Si/c1-5-9-10-11-12-16-21-18(20)19(22,15-8-4)17(13-6-2)14-7-3/h17H,5-16H2,1-4,22H3. The molecule has 0 aromatic carbocycles. The van der Waals surface area contributed by atoms with Gasteiger partial charge in [-0.2, -0.15) is 0 Å². The molecule has 0 bridgehead atoms. The van der Waals surface area contributed by atoms with Gasteiger partial charge in [0.05, 0.1) is 11.6 Å². The molecule has 0 aromatic rings. The van der Waals surface area contributed by atoms with Crippen molar-refractivity contribution in [1.29, 1.82) is 0 Å². The minimum absolute atomic E-state index is 0.114. The summed E-state index contributed by atoms with van der Waals surface area (Å²) in [4.78, 5) is 12.7. The molecule has 0 aliphatic heterocycles. The lowest BCUT2D eigenvalue weighted by Gasteiger charge is -2.35. The summed E-state index contributed by atoms with van der Waals surface area (Å²) in [5.74, 6) is 0.644. The van der Waals surface area contributed by atoms with Crippen molar-refractivity contribution in [3.8, 4) is 0 Å². The molecular formula is C19H40O2Si. The summed E-state index contributed by atoms with van der Waals surface area (Å²) in [6.07, 6.45) is 12.8. The number of rotatable bonds is 14. The van der Waals surface area contributed by atoms with Gasteiger partial charge < -0.3 is 4.74 Å². The van der Waals surface area contributed by atoms with E-state index in [1.807, 2.05) is 0 Å². The molecule has 0 aliphatic carbocycles. The van der Waals surface area contributed by atoms with Crippen molar-refractivity contribution < 1.29 is 9.53 Å². The first kappa shape index (κ1) is 21.7. The van der Waals surface area contributed by atoms with Gasteiger partial charge in [0.1, 0.15) is 0 Å². The molecule has 22 heavy (non-hydrogen) atoms. The Bertz CT molecular complexity index is 275. The van der Waals surface area contributed by atoms with E-state index >= 15 is 0 Å². The minimum Gasteiger partial charge on any atom is -0.466 e. The quantitative estimate of drug-likeness (QED) is 0.254. The fourth-order valence-corrected chi connectivity index (χ4v) is 4.73. The van der Waals surface area contributed by atoms with Gasteiger partial charge in [-0.25, -0.2) is 0 Å². The van der Waals surface area contributed by atoms with Gasteiger partial charge in [-0.1, -0.05) is 72.6 Å². The first-order valence-corrected chi connectivity index (χ1v) is 10.7. The summed E-state index contributed by atoms with van der Waals surface area (Å²) >= 11 is 0. The highest BCUT2D eigenvalue weighted by Gasteiger charge is 2.40. The van der Waals surface area contributed by atoms with Crippen molar-refractivity contribution in [2.24, 2.45) is 5.92 Å². The molecule has 0 aromatic heterocycles. The molecule has 3 heteroatoms. The van der Waals surface area contributed by atoms with E-state index in [9.17, 15) is 4.79 Å². The predicted octanol–water partition coefficient (Wildman–Crippen LogP) is 5.04. The van der Waals surface area contributed by atoms with Crippen molar-refractivity contribution in [3.05, 3.63) is 0 Å². The van der Waals surface area contributed by atoms with Gasteiger partial charge in [-0.3, -0.25) is 4.79 Å². The molecule has 0 saturated carbocycles. The molecule has 1 atom stereocenters. The topological polar surface area (TPSA) is 26.3 Å². The zero-order chi connectivity index (χ0) is 16.8. The van der Waals surface area contributed by atoms with Crippen molar-refractivity contribution in [1.82, 2.24) is 0 Å². The summed E-state index contributed by atoms with van der Waals surface area (Å²) in [5, 5.41) is -0.149. The summed E-state index contributed by atoms with van der Waals surface area (Å²) in [5.41, 5.74) is 0. The van der Waals surface area contributed by atoms with E-state index in [0.29, 0.717) is 12.5 Å². The zero-order valence-electron chi connectivity index (χ0n) is 15.9. The number of carbonyl (C=O) groups excluding carboxylic acids is 1. The number of hydrogen-bond acceptors (Lipinski definition) is 2. The molecule has 0 saturated heterocycles. The van der Waals surface area contributed by atoms with E-state index in [-0.39, 0.29) is 11.0 Å². The lowest BCUT2D eigenvalue weighted by Crippen LogP contribution is -2.34. The van der Waals surface area contributed by atoms with Crippen LogP contribution in [0.15, 0.2) is 0 Å². The lowest BCUT2D eigenvalue weighted by atomic mass is 9.81. The molecule has 0 N–H and O–H groups in total. The van der Waals surface area contributed by atoms with Crippen LogP contribution in [-0.4, -0.2) is 22.8 Å². The van der Waals surface area contributed by atoms with Crippen LogP contribution >= 0.6 is 0 Å². The molecule has 0 radical (unpaired) electrons. The Hall–Kier alpha value is -0.313. The summed E-state index contributed by atoms with van der Waals surface area (Å²) in [7, 11) is 0.919. The Kier molecular flexibility index (Phi) is 13.0. The van der Waals surface area contributed by atoms with Gasteiger partial charge in [-0.15, -0.1) is 0 Å². The van der Waals surface area contributed by atoms with Crippen LogP contribution in [0.25, 0.3) is 0 Å². The van der Waals surface area contributed by atoms with Crippen molar-refractivity contribution >= 4 is 16.2 Å². The van der Waals surface area contributed by atoms with Crippen LogP contribution in [0.1, 0.15) is 98.3 Å². The van der Waals surface area contributed by atoms with E-state index in [0.717, 1.165) is 29.5 Å².